The Bertz CT molecular complexity index is 1580. The number of aliphatic imine (C=N–C) groups is 1. The van der Waals surface area contributed by atoms with Crippen LogP contribution in [0.1, 0.15) is 37.5 Å². The van der Waals surface area contributed by atoms with Crippen molar-refractivity contribution in [1.82, 2.24) is 14.8 Å². The van der Waals surface area contributed by atoms with Gasteiger partial charge in [0.15, 0.2) is 5.88 Å². The van der Waals surface area contributed by atoms with Crippen LogP contribution in [-0.2, 0) is 11.3 Å². The van der Waals surface area contributed by atoms with Crippen LogP contribution in [0.5, 0.6) is 5.88 Å². The average Bonchev–Trinajstić information content (AvgIpc) is 3.27. The molecular weight excluding hydrogens is 522 g/mol. The SMILES string of the molecule is CC(C)(C)OC(=O)N1CCN(Cc2ccc(N=C(c3ccccc3)c3c(O)[nH]c4ccc([N+](=O)[O-])cc34)cc2)CC1. The van der Waals surface area contributed by atoms with Gasteiger partial charge in [-0.15, -0.1) is 0 Å². The molecule has 4 aromatic rings. The Morgan fingerprint density at radius 3 is 2.34 bits per heavy atom. The molecule has 1 aliphatic heterocycles. The van der Waals surface area contributed by atoms with Crippen molar-refractivity contribution in [3.05, 3.63) is 99.6 Å². The van der Waals surface area contributed by atoms with Crippen LogP contribution >= 0.6 is 0 Å². The Kier molecular flexibility index (Phi) is 7.76. The number of benzene rings is 3. The van der Waals surface area contributed by atoms with Gasteiger partial charge in [0.05, 0.1) is 21.9 Å². The predicted octanol–water partition coefficient (Wildman–Crippen LogP) is 6.00. The first-order valence-corrected chi connectivity index (χ1v) is 13.5. The van der Waals surface area contributed by atoms with Crippen molar-refractivity contribution in [3.63, 3.8) is 0 Å². The molecule has 0 saturated carbocycles. The molecule has 0 radical (unpaired) electrons. The predicted molar refractivity (Wildman–Crippen MR) is 158 cm³/mol. The maximum absolute atomic E-state index is 12.4. The van der Waals surface area contributed by atoms with E-state index in [1.165, 1.54) is 12.1 Å². The van der Waals surface area contributed by atoms with E-state index >= 15 is 0 Å². The molecule has 212 valence electrons. The second-order valence-corrected chi connectivity index (χ2v) is 11.1. The lowest BCUT2D eigenvalue weighted by atomic mass is 10.0. The number of aromatic amines is 1. The third-order valence-electron chi connectivity index (χ3n) is 6.86. The number of nitrogens with zero attached hydrogens (tertiary/aromatic N) is 4. The van der Waals surface area contributed by atoms with Gasteiger partial charge in [-0.2, -0.15) is 0 Å². The van der Waals surface area contributed by atoms with Crippen molar-refractivity contribution in [2.75, 3.05) is 26.2 Å². The van der Waals surface area contributed by atoms with E-state index in [-0.39, 0.29) is 17.7 Å². The number of H-pyrrole nitrogens is 1. The Balaban J connectivity index is 1.37. The van der Waals surface area contributed by atoms with E-state index < -0.39 is 10.5 Å². The number of aromatic hydroxyl groups is 1. The molecule has 2 N–H and O–H groups in total. The molecule has 1 aliphatic rings. The van der Waals surface area contributed by atoms with Gasteiger partial charge in [-0.1, -0.05) is 42.5 Å². The lowest BCUT2D eigenvalue weighted by molar-refractivity contribution is -0.384. The molecule has 0 aliphatic carbocycles. The highest BCUT2D eigenvalue weighted by atomic mass is 16.6. The van der Waals surface area contributed by atoms with Crippen molar-refractivity contribution in [2.45, 2.75) is 32.9 Å². The number of piperazine rings is 1. The van der Waals surface area contributed by atoms with Gasteiger partial charge in [-0.25, -0.2) is 9.79 Å². The molecule has 10 heteroatoms. The molecular formula is C31H33N5O5. The number of amides is 1. The van der Waals surface area contributed by atoms with Gasteiger partial charge in [0, 0.05) is 61.3 Å². The number of nitro groups is 1. The monoisotopic (exact) mass is 555 g/mol. The fourth-order valence-electron chi connectivity index (χ4n) is 4.86. The molecule has 2 heterocycles. The number of aromatic nitrogens is 1. The number of non-ortho nitro benzene ring substituents is 1. The minimum Gasteiger partial charge on any atom is -0.494 e. The van der Waals surface area contributed by atoms with E-state index in [0.717, 1.165) is 30.8 Å². The number of hydrogen-bond donors (Lipinski definition) is 2. The number of nitro benzene ring substituents is 1. The number of nitrogens with one attached hydrogen (secondary N) is 1. The molecule has 1 fully saturated rings. The largest absolute Gasteiger partial charge is 0.494 e. The molecule has 1 amide bonds. The van der Waals surface area contributed by atoms with Crippen LogP contribution in [0.4, 0.5) is 16.2 Å². The highest BCUT2D eigenvalue weighted by Gasteiger charge is 2.26. The summed E-state index contributed by atoms with van der Waals surface area (Å²) in [6.45, 7) is 9.08. The fourth-order valence-corrected chi connectivity index (χ4v) is 4.86. The van der Waals surface area contributed by atoms with E-state index in [4.69, 9.17) is 9.73 Å². The van der Waals surface area contributed by atoms with Crippen molar-refractivity contribution >= 4 is 34.1 Å². The van der Waals surface area contributed by atoms with Gasteiger partial charge < -0.3 is 19.7 Å². The lowest BCUT2D eigenvalue weighted by Crippen LogP contribution is -2.49. The summed E-state index contributed by atoms with van der Waals surface area (Å²) >= 11 is 0. The highest BCUT2D eigenvalue weighted by molar-refractivity contribution is 6.22. The minimum absolute atomic E-state index is 0.0681. The van der Waals surface area contributed by atoms with Crippen molar-refractivity contribution in [1.29, 1.82) is 0 Å². The summed E-state index contributed by atoms with van der Waals surface area (Å²) in [7, 11) is 0. The van der Waals surface area contributed by atoms with Crippen LogP contribution in [0.25, 0.3) is 10.9 Å². The summed E-state index contributed by atoms with van der Waals surface area (Å²) in [6.07, 6.45) is -0.274. The van der Waals surface area contributed by atoms with Crippen LogP contribution in [-0.4, -0.2) is 68.4 Å². The molecule has 1 saturated heterocycles. The molecule has 3 aromatic carbocycles. The normalized spacial score (nSPS) is 14.8. The van der Waals surface area contributed by atoms with Gasteiger partial charge in [0.25, 0.3) is 5.69 Å². The summed E-state index contributed by atoms with van der Waals surface area (Å²) in [5, 5.41) is 22.8. The summed E-state index contributed by atoms with van der Waals surface area (Å²) in [6, 6.07) is 21.7. The molecule has 0 atom stereocenters. The van der Waals surface area contributed by atoms with Crippen molar-refractivity contribution in [2.24, 2.45) is 4.99 Å². The molecule has 10 nitrogen and oxygen atoms in total. The second kappa shape index (κ2) is 11.4. The third kappa shape index (κ3) is 6.55. The van der Waals surface area contributed by atoms with Crippen LogP contribution in [0.15, 0.2) is 77.8 Å². The molecule has 0 spiro atoms. The summed E-state index contributed by atoms with van der Waals surface area (Å²) in [5.74, 6) is -0.106. The molecule has 0 bridgehead atoms. The number of ether oxygens (including phenoxy) is 1. The third-order valence-corrected chi connectivity index (χ3v) is 6.86. The first-order valence-electron chi connectivity index (χ1n) is 13.5. The summed E-state index contributed by atoms with van der Waals surface area (Å²) in [5.41, 5.74) is 3.46. The standard InChI is InChI=1S/C31H33N5O5/c1-31(2,3)41-30(38)35-17-15-34(16-18-35)20-21-9-11-23(12-10-21)32-28(22-7-5-4-6-8-22)27-25-19-24(36(39)40)13-14-26(25)33-29(27)37/h4-14,19,33,37H,15-18,20H2,1-3H3. The van der Waals surface area contributed by atoms with Crippen LogP contribution in [0, 0.1) is 10.1 Å². The average molecular weight is 556 g/mol. The van der Waals surface area contributed by atoms with Crippen molar-refractivity contribution < 1.29 is 19.6 Å². The quantitative estimate of drug-likeness (QED) is 0.171. The van der Waals surface area contributed by atoms with E-state index in [1.807, 2.05) is 75.4 Å². The smallest absolute Gasteiger partial charge is 0.410 e. The molecule has 1 aromatic heterocycles. The van der Waals surface area contributed by atoms with E-state index in [0.29, 0.717) is 41.0 Å². The van der Waals surface area contributed by atoms with Gasteiger partial charge in [0.1, 0.15) is 5.60 Å². The minimum atomic E-state index is -0.510. The number of carbonyl (C=O) groups is 1. The number of fused-ring (bicyclic) bond motifs is 1. The number of rotatable bonds is 6. The Hall–Kier alpha value is -4.70. The zero-order chi connectivity index (χ0) is 29.1. The molecule has 5 rings (SSSR count). The highest BCUT2D eigenvalue weighted by Crippen LogP contribution is 2.33. The maximum Gasteiger partial charge on any atom is 0.410 e. The number of hydrogen-bond acceptors (Lipinski definition) is 7. The van der Waals surface area contributed by atoms with E-state index in [9.17, 15) is 20.0 Å². The first kappa shape index (κ1) is 27.9. The topological polar surface area (TPSA) is 124 Å². The van der Waals surface area contributed by atoms with Crippen LogP contribution in [0.2, 0.25) is 0 Å². The number of carbonyl (C=O) groups excluding carboxylic acids is 1. The van der Waals surface area contributed by atoms with E-state index in [2.05, 4.69) is 9.88 Å². The van der Waals surface area contributed by atoms with Gasteiger partial charge in [-0.05, 0) is 44.5 Å². The van der Waals surface area contributed by atoms with Crippen LogP contribution in [0.3, 0.4) is 0 Å². The molecule has 0 unspecified atom stereocenters. The summed E-state index contributed by atoms with van der Waals surface area (Å²) in [4.78, 5) is 35.2. The van der Waals surface area contributed by atoms with Gasteiger partial charge in [-0.3, -0.25) is 15.0 Å². The van der Waals surface area contributed by atoms with E-state index in [1.54, 1.807) is 11.0 Å². The Morgan fingerprint density at radius 1 is 1.02 bits per heavy atom. The summed E-state index contributed by atoms with van der Waals surface area (Å²) < 4.78 is 5.49. The molecule has 41 heavy (non-hydrogen) atoms. The Morgan fingerprint density at radius 2 is 1.71 bits per heavy atom. The Labute approximate surface area is 238 Å². The van der Waals surface area contributed by atoms with Gasteiger partial charge >= 0.3 is 6.09 Å². The van der Waals surface area contributed by atoms with Gasteiger partial charge in [0.2, 0.25) is 0 Å². The zero-order valence-corrected chi connectivity index (χ0v) is 23.3. The maximum atomic E-state index is 12.4. The fraction of sp³-hybridized carbons (Fsp3) is 0.290. The van der Waals surface area contributed by atoms with Crippen LogP contribution < -0.4 is 0 Å². The first-order chi connectivity index (χ1) is 19.6. The zero-order valence-electron chi connectivity index (χ0n) is 23.3. The lowest BCUT2D eigenvalue weighted by Gasteiger charge is -2.35. The van der Waals surface area contributed by atoms with Crippen molar-refractivity contribution in [3.8, 4) is 5.88 Å². The second-order valence-electron chi connectivity index (χ2n) is 11.1.